The van der Waals surface area contributed by atoms with Gasteiger partial charge in [0, 0.05) is 44.3 Å². The van der Waals surface area contributed by atoms with Gasteiger partial charge in [0.25, 0.3) is 0 Å². The third-order valence-electron chi connectivity index (χ3n) is 14.1. The summed E-state index contributed by atoms with van der Waals surface area (Å²) in [6.07, 6.45) is 0. The molecule has 10 aromatic carbocycles. The standard InChI is InChI=1S/C66H52N2O2/c1-41-15-7-11-19-59(41)67(53-29-23-47(24-30-53)49-27-33-63-57(39-49)55-17-9-13-21-61(55)69-63)65-43(3)35-51(36-44(65)4)52-37-45(5)66(46(6)38-52)68(60-20-12-8-16-42(60)2)54-31-25-48(26-32-54)50-28-34-64-58(40-50)56-18-10-14-22-62(56)70-64/h7-40H,1-6H3. The average Bonchev–Trinajstić information content (AvgIpc) is 3.95. The highest BCUT2D eigenvalue weighted by Gasteiger charge is 2.23. The van der Waals surface area contributed by atoms with Crippen molar-refractivity contribution in [1.29, 1.82) is 0 Å². The van der Waals surface area contributed by atoms with Crippen LogP contribution in [0.1, 0.15) is 33.4 Å². The van der Waals surface area contributed by atoms with E-state index in [9.17, 15) is 0 Å². The largest absolute Gasteiger partial charge is 0.456 e. The lowest BCUT2D eigenvalue weighted by Gasteiger charge is -2.31. The van der Waals surface area contributed by atoms with Gasteiger partial charge >= 0.3 is 0 Å². The third kappa shape index (κ3) is 7.41. The second-order valence-electron chi connectivity index (χ2n) is 18.9. The Morgan fingerprint density at radius 2 is 0.586 bits per heavy atom. The fraction of sp³-hybridized carbons (Fsp3) is 0.0909. The van der Waals surface area contributed by atoms with Gasteiger partial charge in [0.15, 0.2) is 0 Å². The predicted molar refractivity (Wildman–Crippen MR) is 295 cm³/mol. The van der Waals surface area contributed by atoms with Crippen LogP contribution in [0.25, 0.3) is 77.3 Å². The fourth-order valence-electron chi connectivity index (χ4n) is 10.8. The monoisotopic (exact) mass is 904 g/mol. The molecule has 0 aliphatic heterocycles. The Morgan fingerprint density at radius 1 is 0.257 bits per heavy atom. The van der Waals surface area contributed by atoms with E-state index in [4.69, 9.17) is 8.83 Å². The fourth-order valence-corrected chi connectivity index (χ4v) is 10.8. The Bertz CT molecular complexity index is 3660. The van der Waals surface area contributed by atoms with Gasteiger partial charge in [-0.05, 0) is 205 Å². The van der Waals surface area contributed by atoms with E-state index < -0.39 is 0 Å². The highest BCUT2D eigenvalue weighted by Crippen LogP contribution is 2.46. The number of para-hydroxylation sites is 4. The van der Waals surface area contributed by atoms with E-state index in [1.54, 1.807) is 0 Å². The zero-order valence-corrected chi connectivity index (χ0v) is 40.3. The minimum Gasteiger partial charge on any atom is -0.456 e. The molecule has 0 atom stereocenters. The van der Waals surface area contributed by atoms with E-state index in [1.807, 2.05) is 24.3 Å². The van der Waals surface area contributed by atoms with Crippen LogP contribution in [0.5, 0.6) is 0 Å². The van der Waals surface area contributed by atoms with Crippen molar-refractivity contribution in [2.75, 3.05) is 9.80 Å². The van der Waals surface area contributed by atoms with Crippen LogP contribution in [0.3, 0.4) is 0 Å². The lowest BCUT2D eigenvalue weighted by molar-refractivity contribution is 0.668. The Hall–Kier alpha value is -8.60. The zero-order valence-electron chi connectivity index (χ0n) is 40.3. The maximum absolute atomic E-state index is 6.14. The molecule has 0 bridgehead atoms. The number of nitrogens with zero attached hydrogens (tertiary/aromatic N) is 2. The normalized spacial score (nSPS) is 11.6. The first-order valence-electron chi connectivity index (χ1n) is 24.1. The van der Waals surface area contributed by atoms with Crippen molar-refractivity contribution in [1.82, 2.24) is 0 Å². The van der Waals surface area contributed by atoms with Crippen LogP contribution in [-0.2, 0) is 0 Å². The topological polar surface area (TPSA) is 32.8 Å². The number of furan rings is 2. The number of aryl methyl sites for hydroxylation is 6. The molecule has 0 saturated carbocycles. The van der Waals surface area contributed by atoms with Crippen molar-refractivity contribution < 1.29 is 8.83 Å². The quantitative estimate of drug-likeness (QED) is 0.144. The summed E-state index contributed by atoms with van der Waals surface area (Å²) in [5.74, 6) is 0. The minimum atomic E-state index is 0.906. The van der Waals surface area contributed by atoms with Gasteiger partial charge in [0.05, 0.1) is 11.4 Å². The van der Waals surface area contributed by atoms with Gasteiger partial charge in [-0.3, -0.25) is 0 Å². The van der Waals surface area contributed by atoms with E-state index in [1.165, 1.54) is 55.9 Å². The van der Waals surface area contributed by atoms with Gasteiger partial charge in [0.2, 0.25) is 0 Å². The first-order valence-corrected chi connectivity index (χ1v) is 24.1. The third-order valence-corrected chi connectivity index (χ3v) is 14.1. The molecule has 0 saturated heterocycles. The van der Waals surface area contributed by atoms with Gasteiger partial charge in [-0.1, -0.05) is 109 Å². The summed E-state index contributed by atoms with van der Waals surface area (Å²) in [6.45, 7) is 13.4. The van der Waals surface area contributed by atoms with Crippen LogP contribution in [0, 0.1) is 41.5 Å². The van der Waals surface area contributed by atoms with Gasteiger partial charge in [0.1, 0.15) is 22.3 Å². The highest BCUT2D eigenvalue weighted by atomic mass is 16.3. The molecule has 0 amide bonds. The van der Waals surface area contributed by atoms with Crippen LogP contribution in [0.4, 0.5) is 34.1 Å². The van der Waals surface area contributed by atoms with Gasteiger partial charge in [-0.15, -0.1) is 0 Å². The molecule has 0 spiro atoms. The Morgan fingerprint density at radius 3 is 0.971 bits per heavy atom. The zero-order chi connectivity index (χ0) is 47.6. The summed E-state index contributed by atoms with van der Waals surface area (Å²) in [6, 6.07) is 74.4. The Kier molecular flexibility index (Phi) is 10.5. The molecule has 0 aliphatic carbocycles. The molecule has 338 valence electrons. The van der Waals surface area contributed by atoms with E-state index in [0.717, 1.165) is 88.9 Å². The molecule has 2 heterocycles. The molecule has 0 radical (unpaired) electrons. The summed E-state index contributed by atoms with van der Waals surface area (Å²) in [7, 11) is 0. The van der Waals surface area contributed by atoms with Crippen molar-refractivity contribution in [3.8, 4) is 33.4 Å². The highest BCUT2D eigenvalue weighted by molar-refractivity contribution is 6.07. The number of fused-ring (bicyclic) bond motifs is 6. The summed E-state index contributed by atoms with van der Waals surface area (Å²) in [5.41, 5.74) is 24.9. The molecule has 0 aliphatic rings. The molecule has 4 heteroatoms. The van der Waals surface area contributed by atoms with Gasteiger partial charge < -0.3 is 18.6 Å². The van der Waals surface area contributed by atoms with Gasteiger partial charge in [-0.25, -0.2) is 0 Å². The molecule has 0 N–H and O–H groups in total. The SMILES string of the molecule is Cc1ccccc1N(c1ccc(-c2ccc3oc4ccccc4c3c2)cc1)c1c(C)cc(-c2cc(C)c(N(c3ccc(-c4ccc5oc6ccccc6c5c4)cc3)c3ccccc3C)c(C)c2)cc1C. The molecule has 12 aromatic rings. The number of benzene rings is 10. The van der Waals surface area contributed by atoms with Crippen molar-refractivity contribution in [3.05, 3.63) is 240 Å². The van der Waals surface area contributed by atoms with Gasteiger partial charge in [-0.2, -0.15) is 0 Å². The lowest BCUT2D eigenvalue weighted by Crippen LogP contribution is -2.14. The summed E-state index contributed by atoms with van der Waals surface area (Å²) in [4.78, 5) is 4.87. The Balaban J connectivity index is 0.892. The van der Waals surface area contributed by atoms with Crippen molar-refractivity contribution in [3.63, 3.8) is 0 Å². The maximum atomic E-state index is 6.14. The van der Waals surface area contributed by atoms with Crippen LogP contribution < -0.4 is 9.80 Å². The van der Waals surface area contributed by atoms with Crippen molar-refractivity contribution in [2.24, 2.45) is 0 Å². The Labute approximate surface area is 409 Å². The molecule has 70 heavy (non-hydrogen) atoms. The minimum absolute atomic E-state index is 0.906. The molecule has 0 unspecified atom stereocenters. The second-order valence-corrected chi connectivity index (χ2v) is 18.9. The van der Waals surface area contributed by atoms with E-state index in [0.29, 0.717) is 0 Å². The predicted octanol–water partition coefficient (Wildman–Crippen LogP) is 19.3. The van der Waals surface area contributed by atoms with Crippen LogP contribution in [-0.4, -0.2) is 0 Å². The first-order chi connectivity index (χ1) is 34.2. The second kappa shape index (κ2) is 17.2. The molecule has 4 nitrogen and oxygen atoms in total. The van der Waals surface area contributed by atoms with E-state index >= 15 is 0 Å². The molecular formula is C66H52N2O2. The van der Waals surface area contributed by atoms with E-state index in [-0.39, 0.29) is 0 Å². The number of rotatable bonds is 9. The number of anilines is 6. The summed E-state index contributed by atoms with van der Waals surface area (Å²) >= 11 is 0. The summed E-state index contributed by atoms with van der Waals surface area (Å²) < 4.78 is 12.3. The summed E-state index contributed by atoms with van der Waals surface area (Å²) in [5, 5.41) is 4.54. The number of hydrogen-bond acceptors (Lipinski definition) is 4. The van der Waals surface area contributed by atoms with Crippen LogP contribution in [0.2, 0.25) is 0 Å². The lowest BCUT2D eigenvalue weighted by atomic mass is 9.93. The molecule has 2 aromatic heterocycles. The first kappa shape index (κ1) is 42.7. The van der Waals surface area contributed by atoms with Crippen LogP contribution in [0.15, 0.2) is 215 Å². The average molecular weight is 905 g/mol. The molecular weight excluding hydrogens is 853 g/mol. The number of hydrogen-bond donors (Lipinski definition) is 0. The van der Waals surface area contributed by atoms with Crippen molar-refractivity contribution >= 4 is 78.0 Å². The molecule has 0 fully saturated rings. The van der Waals surface area contributed by atoms with Crippen LogP contribution >= 0.6 is 0 Å². The van der Waals surface area contributed by atoms with Crippen molar-refractivity contribution in [2.45, 2.75) is 41.5 Å². The molecule has 12 rings (SSSR count). The maximum Gasteiger partial charge on any atom is 0.135 e. The van der Waals surface area contributed by atoms with E-state index in [2.05, 4.69) is 233 Å². The smallest absolute Gasteiger partial charge is 0.135 e.